The number of rotatable bonds is 5. The van der Waals surface area contributed by atoms with E-state index >= 15 is 0 Å². The number of nitrogens with one attached hydrogen (secondary N) is 2. The highest BCUT2D eigenvalue weighted by molar-refractivity contribution is 6.04. The van der Waals surface area contributed by atoms with Gasteiger partial charge in [-0.05, 0) is 25.3 Å². The molecule has 1 fully saturated rings. The lowest BCUT2D eigenvalue weighted by atomic mass is 10.0. The van der Waals surface area contributed by atoms with Crippen molar-refractivity contribution in [3.8, 4) is 0 Å². The molecule has 5 heteroatoms. The molecule has 0 aromatic rings. The van der Waals surface area contributed by atoms with Crippen LogP contribution in [-0.2, 0) is 14.4 Å². The van der Waals surface area contributed by atoms with Crippen molar-refractivity contribution < 1.29 is 14.4 Å². The molecule has 0 aromatic heterocycles. The van der Waals surface area contributed by atoms with Crippen molar-refractivity contribution in [2.75, 3.05) is 0 Å². The average Bonchev–Trinajstić information content (AvgIpc) is 2.61. The highest BCUT2D eigenvalue weighted by Gasteiger charge is 2.28. The molecule has 1 aliphatic rings. The van der Waals surface area contributed by atoms with Crippen molar-refractivity contribution in [2.45, 2.75) is 67.3 Å². The minimum Gasteiger partial charge on any atom is -0.340 e. The molecule has 25 heavy (non-hydrogen) atoms. The molecule has 1 rings (SSSR count). The fraction of sp³-hybridized carbons (Fsp3) is 0.550. The van der Waals surface area contributed by atoms with Gasteiger partial charge in [-0.15, -0.1) is 0 Å². The second kappa shape index (κ2) is 14.2. The second-order valence-electron chi connectivity index (χ2n) is 5.37. The molecule has 1 heterocycles. The third-order valence-corrected chi connectivity index (χ3v) is 3.46. The Morgan fingerprint density at radius 2 is 1.76 bits per heavy atom. The van der Waals surface area contributed by atoms with Gasteiger partial charge < -0.3 is 5.32 Å². The van der Waals surface area contributed by atoms with Crippen LogP contribution in [0.25, 0.3) is 0 Å². The number of imide groups is 1. The molecular formula is C20H34N2O3. The lowest BCUT2D eigenvalue weighted by molar-refractivity contribution is -0.136. The number of hydrogen-bond donors (Lipinski definition) is 2. The number of amides is 3. The summed E-state index contributed by atoms with van der Waals surface area (Å²) in [4.78, 5) is 34.8. The first kappa shape index (κ1) is 25.1. The zero-order valence-corrected chi connectivity index (χ0v) is 16.7. The summed E-state index contributed by atoms with van der Waals surface area (Å²) in [6, 6.07) is -0.672. The van der Waals surface area contributed by atoms with Crippen molar-refractivity contribution in [2.24, 2.45) is 5.92 Å². The lowest BCUT2D eigenvalue weighted by Gasteiger charge is -2.21. The zero-order chi connectivity index (χ0) is 20.0. The number of allylic oxidation sites excluding steroid dienone is 3. The van der Waals surface area contributed by atoms with Crippen LogP contribution >= 0.6 is 0 Å². The number of carbonyl (C=O) groups excluding carboxylic acids is 3. The maximum Gasteiger partial charge on any atom is 0.251 e. The quantitative estimate of drug-likeness (QED) is 0.451. The SMILES string of the molecule is C=C/C(=C\C=C(/C)C(C)C)C(=O)NC1CCC(=O)NC1=O.CC.CC. The summed E-state index contributed by atoms with van der Waals surface area (Å²) in [7, 11) is 0. The van der Waals surface area contributed by atoms with Gasteiger partial charge in [-0.1, -0.05) is 65.8 Å². The molecule has 1 saturated heterocycles. The topological polar surface area (TPSA) is 75.3 Å². The minimum absolute atomic E-state index is 0.232. The van der Waals surface area contributed by atoms with E-state index < -0.39 is 11.9 Å². The van der Waals surface area contributed by atoms with Crippen LogP contribution in [0.15, 0.2) is 36.0 Å². The number of hydrogen-bond acceptors (Lipinski definition) is 3. The van der Waals surface area contributed by atoms with Crippen LogP contribution in [0.3, 0.4) is 0 Å². The monoisotopic (exact) mass is 350 g/mol. The van der Waals surface area contributed by atoms with E-state index in [0.717, 1.165) is 5.57 Å². The molecule has 0 saturated carbocycles. The van der Waals surface area contributed by atoms with E-state index in [0.29, 0.717) is 17.9 Å². The molecule has 3 amide bonds. The molecule has 0 aromatic carbocycles. The van der Waals surface area contributed by atoms with Crippen molar-refractivity contribution in [1.29, 1.82) is 0 Å². The van der Waals surface area contributed by atoms with Crippen LogP contribution in [0.1, 0.15) is 61.3 Å². The molecule has 0 bridgehead atoms. The van der Waals surface area contributed by atoms with Crippen LogP contribution in [-0.4, -0.2) is 23.8 Å². The summed E-state index contributed by atoms with van der Waals surface area (Å²) in [6.07, 6.45) is 5.55. The van der Waals surface area contributed by atoms with Crippen LogP contribution in [0.4, 0.5) is 0 Å². The van der Waals surface area contributed by atoms with Gasteiger partial charge in [-0.3, -0.25) is 19.7 Å². The molecule has 0 spiro atoms. The Morgan fingerprint density at radius 3 is 2.20 bits per heavy atom. The largest absolute Gasteiger partial charge is 0.340 e. The Morgan fingerprint density at radius 1 is 1.20 bits per heavy atom. The van der Waals surface area contributed by atoms with Gasteiger partial charge >= 0.3 is 0 Å². The van der Waals surface area contributed by atoms with Crippen LogP contribution < -0.4 is 10.6 Å². The van der Waals surface area contributed by atoms with Crippen molar-refractivity contribution in [3.63, 3.8) is 0 Å². The summed E-state index contributed by atoms with van der Waals surface area (Å²) < 4.78 is 0. The molecule has 1 unspecified atom stereocenters. The summed E-state index contributed by atoms with van der Waals surface area (Å²) in [5.74, 6) is -0.741. The predicted molar refractivity (Wildman–Crippen MR) is 104 cm³/mol. The molecule has 5 nitrogen and oxygen atoms in total. The Kier molecular flexibility index (Phi) is 14.2. The molecular weight excluding hydrogens is 316 g/mol. The summed E-state index contributed by atoms with van der Waals surface area (Å²) in [5.41, 5.74) is 1.53. The number of carbonyl (C=O) groups is 3. The second-order valence-corrected chi connectivity index (χ2v) is 5.37. The van der Waals surface area contributed by atoms with E-state index in [1.807, 2.05) is 40.7 Å². The molecule has 0 aliphatic carbocycles. The zero-order valence-electron chi connectivity index (χ0n) is 16.7. The highest BCUT2D eigenvalue weighted by atomic mass is 16.2. The molecule has 142 valence electrons. The van der Waals surface area contributed by atoms with E-state index in [1.165, 1.54) is 6.08 Å². The van der Waals surface area contributed by atoms with Gasteiger partial charge in [0.25, 0.3) is 5.91 Å². The first-order valence-electron chi connectivity index (χ1n) is 9.00. The van der Waals surface area contributed by atoms with Gasteiger partial charge in [0.15, 0.2) is 0 Å². The Balaban J connectivity index is 0. The van der Waals surface area contributed by atoms with Crippen molar-refractivity contribution in [1.82, 2.24) is 10.6 Å². The van der Waals surface area contributed by atoms with Crippen LogP contribution in [0.2, 0.25) is 0 Å². The van der Waals surface area contributed by atoms with Crippen molar-refractivity contribution in [3.05, 3.63) is 36.0 Å². The maximum absolute atomic E-state index is 12.1. The van der Waals surface area contributed by atoms with Gasteiger partial charge in [-0.2, -0.15) is 0 Å². The first-order chi connectivity index (χ1) is 11.8. The summed E-state index contributed by atoms with van der Waals surface area (Å²) in [5, 5.41) is 4.83. The molecule has 2 N–H and O–H groups in total. The molecule has 0 radical (unpaired) electrons. The van der Waals surface area contributed by atoms with Gasteiger partial charge in [0.05, 0.1) is 0 Å². The fourth-order valence-electron chi connectivity index (χ4n) is 1.72. The first-order valence-corrected chi connectivity index (χ1v) is 9.00. The summed E-state index contributed by atoms with van der Waals surface area (Å²) in [6.45, 7) is 17.7. The fourth-order valence-corrected chi connectivity index (χ4v) is 1.72. The van der Waals surface area contributed by atoms with E-state index in [1.54, 1.807) is 6.08 Å². The van der Waals surface area contributed by atoms with Crippen LogP contribution in [0.5, 0.6) is 0 Å². The van der Waals surface area contributed by atoms with E-state index in [9.17, 15) is 14.4 Å². The summed E-state index contributed by atoms with van der Waals surface area (Å²) >= 11 is 0. The van der Waals surface area contributed by atoms with Gasteiger partial charge in [0.1, 0.15) is 6.04 Å². The normalized spacial score (nSPS) is 17.5. The molecule has 1 atom stereocenters. The van der Waals surface area contributed by atoms with Gasteiger partial charge in [0.2, 0.25) is 11.8 Å². The standard InChI is InChI=1S/C16H22N2O3.2C2H6/c1-5-12(7-6-11(4)10(2)3)15(20)17-13-8-9-14(19)18-16(13)21;2*1-2/h5-7,10,13H,1,8-9H2,2-4H3,(H,17,20)(H,18,19,21);2*1-2H3/b11-6+,12-7+;;. The smallest absolute Gasteiger partial charge is 0.251 e. The highest BCUT2D eigenvalue weighted by Crippen LogP contribution is 2.10. The Hall–Kier alpha value is -2.17. The van der Waals surface area contributed by atoms with Crippen molar-refractivity contribution >= 4 is 17.7 Å². The van der Waals surface area contributed by atoms with Gasteiger partial charge in [-0.25, -0.2) is 0 Å². The minimum atomic E-state index is -0.672. The average molecular weight is 351 g/mol. The van der Waals surface area contributed by atoms with Gasteiger partial charge in [0, 0.05) is 12.0 Å². The third kappa shape index (κ3) is 9.65. The number of piperidine rings is 1. The lowest BCUT2D eigenvalue weighted by Crippen LogP contribution is -2.52. The van der Waals surface area contributed by atoms with E-state index in [4.69, 9.17) is 0 Å². The van der Waals surface area contributed by atoms with E-state index in [-0.39, 0.29) is 18.2 Å². The predicted octanol–water partition coefficient (Wildman–Crippen LogP) is 3.67. The Bertz CT molecular complexity index is 517. The van der Waals surface area contributed by atoms with Crippen LogP contribution in [0, 0.1) is 5.92 Å². The Labute approximate surface area is 152 Å². The maximum atomic E-state index is 12.1. The van der Waals surface area contributed by atoms with E-state index in [2.05, 4.69) is 31.1 Å². The molecule has 1 aliphatic heterocycles. The third-order valence-electron chi connectivity index (χ3n) is 3.46.